The van der Waals surface area contributed by atoms with Crippen LogP contribution in [0.3, 0.4) is 0 Å². The van der Waals surface area contributed by atoms with E-state index < -0.39 is 0 Å². The molecule has 0 saturated heterocycles. The molecular weight excluding hydrogens is 311 g/mol. The van der Waals surface area contributed by atoms with E-state index in [1.807, 2.05) is 6.07 Å². The first-order valence-corrected chi connectivity index (χ1v) is 10.3. The van der Waals surface area contributed by atoms with Crippen molar-refractivity contribution in [1.29, 1.82) is 0 Å². The topological polar surface area (TPSA) is 29.5 Å². The van der Waals surface area contributed by atoms with Gasteiger partial charge in [0.15, 0.2) is 0 Å². The number of hydrogen-bond donors (Lipinski definition) is 1. The maximum absolute atomic E-state index is 8.99. The Bertz CT molecular complexity index is 445. The van der Waals surface area contributed by atoms with Crippen molar-refractivity contribution in [3.63, 3.8) is 0 Å². The molecule has 22 heavy (non-hydrogen) atoms. The van der Waals surface area contributed by atoms with Crippen LogP contribution in [-0.4, -0.2) is 26.9 Å². The second-order valence-electron chi connectivity index (χ2n) is 6.71. The zero-order valence-corrected chi connectivity index (χ0v) is 16.3. The summed E-state index contributed by atoms with van der Waals surface area (Å²) in [6, 6.07) is 3.72. The fourth-order valence-electron chi connectivity index (χ4n) is 2.31. The SMILES string of the molecule is CC(C)[CH2][Al+][CH2]C(C)C.OCc1cc2c(cc1Cl)OCCC2.[H-]. The molecule has 2 nitrogen and oxygen atoms in total. The van der Waals surface area contributed by atoms with E-state index in [0.29, 0.717) is 5.02 Å². The van der Waals surface area contributed by atoms with Crippen LogP contribution in [0, 0.1) is 11.8 Å². The van der Waals surface area contributed by atoms with Gasteiger partial charge in [0.2, 0.25) is 0 Å². The van der Waals surface area contributed by atoms with Gasteiger partial charge in [0.05, 0.1) is 13.2 Å². The van der Waals surface area contributed by atoms with Crippen molar-refractivity contribution in [2.75, 3.05) is 6.61 Å². The molecule has 0 aromatic heterocycles. The number of fused-ring (bicyclic) bond motifs is 1. The third kappa shape index (κ3) is 7.38. The van der Waals surface area contributed by atoms with Crippen molar-refractivity contribution in [3.8, 4) is 5.75 Å². The van der Waals surface area contributed by atoms with Crippen LogP contribution >= 0.6 is 11.6 Å². The van der Waals surface area contributed by atoms with Crippen molar-refractivity contribution < 1.29 is 11.3 Å². The summed E-state index contributed by atoms with van der Waals surface area (Å²) >= 11 is 6.68. The van der Waals surface area contributed by atoms with Gasteiger partial charge in [-0.15, -0.1) is 0 Å². The molecule has 1 N–H and O–H groups in total. The van der Waals surface area contributed by atoms with Crippen LogP contribution in [0.25, 0.3) is 0 Å². The normalized spacial score (nSPS) is 13.1. The number of aliphatic hydroxyl groups is 1. The predicted molar refractivity (Wildman–Crippen MR) is 97.3 cm³/mol. The van der Waals surface area contributed by atoms with Crippen LogP contribution in [0.2, 0.25) is 15.6 Å². The summed E-state index contributed by atoms with van der Waals surface area (Å²) in [5.74, 6) is 2.73. The number of aryl methyl sites for hydroxylation is 1. The van der Waals surface area contributed by atoms with E-state index in [9.17, 15) is 0 Å². The molecule has 0 saturated carbocycles. The van der Waals surface area contributed by atoms with Crippen molar-refractivity contribution >= 4 is 26.8 Å². The Labute approximate surface area is 148 Å². The molecular formula is C18H30AlClO2. The Morgan fingerprint density at radius 3 is 2.41 bits per heavy atom. The second kappa shape index (κ2) is 10.6. The Morgan fingerprint density at radius 1 is 1.23 bits per heavy atom. The first kappa shape index (κ1) is 19.8. The molecule has 1 aliphatic heterocycles. The van der Waals surface area contributed by atoms with Crippen LogP contribution in [0.5, 0.6) is 5.75 Å². The molecule has 1 aliphatic rings. The summed E-state index contributed by atoms with van der Waals surface area (Å²) in [5, 5.41) is 12.5. The molecule has 0 radical (unpaired) electrons. The standard InChI is InChI=1S/C10H11ClO2.2C4H9.Al.H/c11-9-5-10-7(2-1-3-13-10)4-8(9)6-12;2*1-4(2)3;;/h4-5,12H,1-3,6H2;2*4H,1H2,2-3H3;;/q;;;+1;-1. The van der Waals surface area contributed by atoms with Gasteiger partial charge < -0.3 is 11.3 Å². The molecule has 2 rings (SSSR count). The zero-order chi connectivity index (χ0) is 16.5. The molecule has 1 heterocycles. The van der Waals surface area contributed by atoms with Gasteiger partial charge in [-0.05, 0) is 36.1 Å². The number of hydrogen-bond acceptors (Lipinski definition) is 2. The fraction of sp³-hybridized carbons (Fsp3) is 0.667. The van der Waals surface area contributed by atoms with Crippen molar-refractivity contribution in [1.82, 2.24) is 0 Å². The Kier molecular flexibility index (Phi) is 9.52. The third-order valence-electron chi connectivity index (χ3n) is 3.52. The van der Waals surface area contributed by atoms with Crippen molar-refractivity contribution in [3.05, 3.63) is 28.3 Å². The van der Waals surface area contributed by atoms with E-state index in [-0.39, 0.29) is 8.03 Å². The molecule has 0 bridgehead atoms. The van der Waals surface area contributed by atoms with Crippen molar-refractivity contribution in [2.24, 2.45) is 11.8 Å². The van der Waals surface area contributed by atoms with E-state index >= 15 is 0 Å². The van der Waals surface area contributed by atoms with Gasteiger partial charge in [0.25, 0.3) is 0 Å². The van der Waals surface area contributed by atoms with E-state index in [4.69, 9.17) is 21.4 Å². The predicted octanol–water partition coefficient (Wildman–Crippen LogP) is 5.11. The molecule has 0 spiro atoms. The van der Waals surface area contributed by atoms with Gasteiger partial charge in [0, 0.05) is 5.02 Å². The molecule has 1 aromatic carbocycles. The average Bonchev–Trinajstić information content (AvgIpc) is 2.46. The van der Waals surface area contributed by atoms with Crippen LogP contribution in [0.4, 0.5) is 0 Å². The van der Waals surface area contributed by atoms with Crippen LogP contribution in [-0.2, 0) is 13.0 Å². The molecule has 0 aliphatic carbocycles. The summed E-state index contributed by atoms with van der Waals surface area (Å²) in [6.07, 6.45) is 2.05. The molecule has 4 heteroatoms. The molecule has 1 aromatic rings. The van der Waals surface area contributed by atoms with Gasteiger partial charge in [-0.25, -0.2) is 0 Å². The van der Waals surface area contributed by atoms with Crippen LogP contribution < -0.4 is 4.74 Å². The molecule has 0 fully saturated rings. The number of ether oxygens (including phenoxy) is 1. The Hall–Kier alpha value is -0.198. The number of rotatable bonds is 5. The number of halogens is 1. The van der Waals surface area contributed by atoms with Gasteiger partial charge in [0.1, 0.15) is 5.75 Å². The summed E-state index contributed by atoms with van der Waals surface area (Å²) in [6.45, 7) is 10.0. The maximum atomic E-state index is 8.99. The quantitative estimate of drug-likeness (QED) is 0.755. The largest absolute Gasteiger partial charge is 1.00 e. The second-order valence-corrected chi connectivity index (χ2v) is 8.64. The summed E-state index contributed by atoms with van der Waals surface area (Å²) in [4.78, 5) is 0. The fourth-order valence-corrected chi connectivity index (χ4v) is 4.05. The smallest absolute Gasteiger partial charge is 0.123 e. The maximum Gasteiger partial charge on any atom is 0.123 e. The average molecular weight is 341 g/mol. The summed E-state index contributed by atoms with van der Waals surface area (Å²) in [7, 11) is 0. The Morgan fingerprint density at radius 2 is 1.86 bits per heavy atom. The summed E-state index contributed by atoms with van der Waals surface area (Å²) < 4.78 is 5.44. The first-order valence-electron chi connectivity index (χ1n) is 8.30. The minimum atomic E-state index is -0.00782. The van der Waals surface area contributed by atoms with E-state index in [1.54, 1.807) is 6.07 Å². The number of benzene rings is 1. The van der Waals surface area contributed by atoms with Gasteiger partial charge >= 0.3 is 65.3 Å². The minimum Gasteiger partial charge on any atom is -1.00 e. The molecule has 0 unspecified atom stereocenters. The first-order chi connectivity index (χ1) is 10.4. The molecule has 124 valence electrons. The van der Waals surface area contributed by atoms with E-state index in [2.05, 4.69) is 27.7 Å². The minimum absolute atomic E-state index is 0. The van der Waals surface area contributed by atoms with Crippen molar-refractivity contribution in [2.45, 2.75) is 57.7 Å². The zero-order valence-electron chi connectivity index (χ0n) is 15.4. The van der Waals surface area contributed by atoms with Crippen LogP contribution in [0.15, 0.2) is 12.1 Å². The third-order valence-corrected chi connectivity index (χ3v) is 6.43. The van der Waals surface area contributed by atoms with Gasteiger partial charge in [-0.2, -0.15) is 0 Å². The molecule has 0 amide bonds. The number of aliphatic hydroxyl groups excluding tert-OH is 1. The van der Waals surface area contributed by atoms with Gasteiger partial charge in [-0.1, -0.05) is 11.6 Å². The van der Waals surface area contributed by atoms with E-state index in [1.165, 1.54) is 10.6 Å². The summed E-state index contributed by atoms with van der Waals surface area (Å²) in [5.41, 5.74) is 1.94. The van der Waals surface area contributed by atoms with Gasteiger partial charge in [-0.3, -0.25) is 0 Å². The van der Waals surface area contributed by atoms with Crippen LogP contribution in [0.1, 0.15) is 46.7 Å². The Balaban J connectivity index is 0.000000434. The monoisotopic (exact) mass is 340 g/mol. The van der Waals surface area contributed by atoms with E-state index in [0.717, 1.165) is 63.4 Å². The molecule has 0 atom stereocenters.